The molecule has 0 amide bonds. The van der Waals surface area contributed by atoms with E-state index in [1.54, 1.807) is 0 Å². The number of carbonyl (C=O) groups excluding carboxylic acids is 5. The highest BCUT2D eigenvalue weighted by Crippen LogP contribution is 2.27. The molecular weight excluding hydrogens is 739 g/mol. The average Bonchev–Trinajstić information content (AvgIpc) is 3.19. The quantitative estimate of drug-likeness (QED) is 0.0332. The van der Waals surface area contributed by atoms with Gasteiger partial charge < -0.3 is 28.6 Å². The number of nitrogens with zero attached hydrogens (tertiary/aromatic N) is 1. The number of carbonyl (C=O) groups is 5. The molecular formula is C47H87NO10. The molecule has 0 aliphatic heterocycles. The molecule has 0 rings (SSSR count). The van der Waals surface area contributed by atoms with Gasteiger partial charge in [0.25, 0.3) is 0 Å². The molecule has 0 saturated heterocycles. The van der Waals surface area contributed by atoms with Gasteiger partial charge in [0.2, 0.25) is 0 Å². The van der Waals surface area contributed by atoms with Gasteiger partial charge in [-0.05, 0) is 77.4 Å². The van der Waals surface area contributed by atoms with Crippen molar-refractivity contribution < 1.29 is 47.7 Å². The minimum absolute atomic E-state index is 0.186. The van der Waals surface area contributed by atoms with Gasteiger partial charge in [0.1, 0.15) is 31.8 Å². The number of unbranched alkanes of at least 4 members (excludes halogenated alkanes) is 12. The summed E-state index contributed by atoms with van der Waals surface area (Å²) in [6, 6.07) is 0. The van der Waals surface area contributed by atoms with Crippen LogP contribution < -0.4 is 0 Å². The molecule has 58 heavy (non-hydrogen) atoms. The second-order valence-electron chi connectivity index (χ2n) is 17.0. The van der Waals surface area contributed by atoms with Crippen LogP contribution in [0.25, 0.3) is 0 Å². The lowest BCUT2D eigenvalue weighted by Crippen LogP contribution is -2.44. The lowest BCUT2D eigenvalue weighted by Gasteiger charge is -2.32. The summed E-state index contributed by atoms with van der Waals surface area (Å²) < 4.78 is 28.3. The molecule has 0 aromatic heterocycles. The molecule has 0 spiro atoms. The third-order valence-electron chi connectivity index (χ3n) is 10.9. The van der Waals surface area contributed by atoms with Crippen molar-refractivity contribution >= 4 is 29.8 Å². The van der Waals surface area contributed by atoms with Gasteiger partial charge in [0, 0.05) is 32.1 Å². The Hall–Kier alpha value is -2.69. The predicted molar refractivity (Wildman–Crippen MR) is 231 cm³/mol. The van der Waals surface area contributed by atoms with Gasteiger partial charge in [0.05, 0.1) is 7.11 Å². The smallest absolute Gasteiger partial charge is 0.306 e. The molecule has 0 bridgehead atoms. The van der Waals surface area contributed by atoms with Crippen LogP contribution in [-0.2, 0) is 47.7 Å². The number of hydrogen-bond acceptors (Lipinski definition) is 11. The predicted octanol–water partition coefficient (Wildman–Crippen LogP) is 10.7. The molecule has 0 atom stereocenters. The summed E-state index contributed by atoms with van der Waals surface area (Å²) in [6.45, 7) is 8.50. The lowest BCUT2D eigenvalue weighted by molar-refractivity contribution is -0.171. The maximum absolute atomic E-state index is 13.5. The highest BCUT2D eigenvalue weighted by molar-refractivity contribution is 5.71. The van der Waals surface area contributed by atoms with Crippen LogP contribution in [0.3, 0.4) is 0 Å². The number of methoxy groups -OCH3 is 1. The molecule has 0 aromatic carbocycles. The molecule has 0 aliphatic rings. The topological polar surface area (TPSA) is 135 Å². The van der Waals surface area contributed by atoms with Crippen molar-refractivity contribution in [2.45, 2.75) is 201 Å². The third kappa shape index (κ3) is 32.2. The van der Waals surface area contributed by atoms with Crippen LogP contribution in [0.1, 0.15) is 201 Å². The first-order valence-corrected chi connectivity index (χ1v) is 23.3. The van der Waals surface area contributed by atoms with Gasteiger partial charge in [-0.3, -0.25) is 24.0 Å². The van der Waals surface area contributed by atoms with E-state index in [9.17, 15) is 24.0 Å². The largest absolute Gasteiger partial charge is 0.469 e. The Labute approximate surface area is 354 Å². The Balaban J connectivity index is 6.11. The number of rotatable bonds is 40. The van der Waals surface area contributed by atoms with Crippen LogP contribution in [0, 0.1) is 17.3 Å². The van der Waals surface area contributed by atoms with E-state index in [1.807, 2.05) is 19.0 Å². The molecule has 0 N–H and O–H groups in total. The molecule has 0 aromatic rings. The fourth-order valence-electron chi connectivity index (χ4n) is 7.06. The van der Waals surface area contributed by atoms with E-state index in [0.29, 0.717) is 25.8 Å². The molecule has 11 nitrogen and oxygen atoms in total. The highest BCUT2D eigenvalue weighted by atomic mass is 16.6. The van der Waals surface area contributed by atoms with Crippen LogP contribution in [0.5, 0.6) is 0 Å². The Morgan fingerprint density at radius 3 is 1.10 bits per heavy atom. The van der Waals surface area contributed by atoms with Crippen molar-refractivity contribution in [2.75, 3.05) is 54.2 Å². The van der Waals surface area contributed by atoms with Crippen LogP contribution in [0.15, 0.2) is 0 Å². The summed E-state index contributed by atoms with van der Waals surface area (Å²) in [5, 5.41) is 0. The first-order valence-electron chi connectivity index (χ1n) is 23.3. The van der Waals surface area contributed by atoms with Crippen molar-refractivity contribution in [1.82, 2.24) is 4.90 Å². The molecule has 0 radical (unpaired) electrons. The second-order valence-corrected chi connectivity index (χ2v) is 17.0. The fourth-order valence-corrected chi connectivity index (χ4v) is 7.06. The molecule has 0 unspecified atom stereocenters. The molecule has 0 aliphatic carbocycles. The van der Waals surface area contributed by atoms with E-state index in [-0.39, 0.29) is 81.9 Å². The maximum atomic E-state index is 13.5. The van der Waals surface area contributed by atoms with Crippen molar-refractivity contribution in [3.63, 3.8) is 0 Å². The zero-order valence-corrected chi connectivity index (χ0v) is 38.3. The van der Waals surface area contributed by atoms with Gasteiger partial charge >= 0.3 is 29.8 Å². The Bertz CT molecular complexity index is 1000. The van der Waals surface area contributed by atoms with Crippen molar-refractivity contribution in [3.05, 3.63) is 0 Å². The summed E-state index contributed by atoms with van der Waals surface area (Å²) in [6.07, 6.45) is 22.8. The first-order chi connectivity index (χ1) is 27.9. The molecule has 0 fully saturated rings. The first kappa shape index (κ1) is 55.3. The minimum atomic E-state index is -1.27. The van der Waals surface area contributed by atoms with Gasteiger partial charge in [-0.15, -0.1) is 0 Å². The summed E-state index contributed by atoms with van der Waals surface area (Å²) in [5.74, 6) is -1.34. The van der Waals surface area contributed by atoms with Crippen LogP contribution in [0.2, 0.25) is 0 Å². The van der Waals surface area contributed by atoms with Gasteiger partial charge in [0.15, 0.2) is 0 Å². The standard InChI is InChI=1S/C47H87NO10/c1-8-12-19-26-40(27-20-13-9-2)34-45(52)57-38-47(37-56-44(51)32-25-33-48(5)6,36-55-43(50)31-24-18-16-17-23-30-42(49)54-7)39-58-46(53)35-41(28-21-14-10-3)29-22-15-11-4/h40-41H,8-39H2,1-7H3. The second kappa shape index (κ2) is 37.3. The third-order valence-corrected chi connectivity index (χ3v) is 10.9. The Morgan fingerprint density at radius 2 is 0.759 bits per heavy atom. The van der Waals surface area contributed by atoms with Gasteiger partial charge in [-0.25, -0.2) is 0 Å². The fraction of sp³-hybridized carbons (Fsp3) is 0.894. The van der Waals surface area contributed by atoms with Crippen molar-refractivity contribution in [2.24, 2.45) is 17.3 Å². The Morgan fingerprint density at radius 1 is 0.431 bits per heavy atom. The van der Waals surface area contributed by atoms with E-state index in [1.165, 1.54) is 7.11 Å². The zero-order chi connectivity index (χ0) is 43.3. The van der Waals surface area contributed by atoms with E-state index in [4.69, 9.17) is 23.7 Å². The summed E-state index contributed by atoms with van der Waals surface area (Å²) in [5.41, 5.74) is -1.27. The van der Waals surface area contributed by atoms with Crippen molar-refractivity contribution in [1.29, 1.82) is 0 Å². The summed E-state index contributed by atoms with van der Waals surface area (Å²) in [4.78, 5) is 66.5. The van der Waals surface area contributed by atoms with Crippen LogP contribution in [0.4, 0.5) is 0 Å². The van der Waals surface area contributed by atoms with E-state index < -0.39 is 17.4 Å². The molecule has 0 heterocycles. The van der Waals surface area contributed by atoms with Gasteiger partial charge in [-0.2, -0.15) is 0 Å². The zero-order valence-electron chi connectivity index (χ0n) is 38.3. The lowest BCUT2D eigenvalue weighted by atomic mass is 9.90. The molecule has 11 heteroatoms. The SMILES string of the molecule is CCCCCC(CCCCC)CC(=O)OCC(COC(=O)CCCCCCCC(=O)OC)(COC(=O)CCCN(C)C)COC(=O)CC(CCCCC)CCCCC. The normalized spacial score (nSPS) is 11.6. The summed E-state index contributed by atoms with van der Waals surface area (Å²) in [7, 11) is 5.26. The summed E-state index contributed by atoms with van der Waals surface area (Å²) >= 11 is 0. The number of hydrogen-bond donors (Lipinski definition) is 0. The monoisotopic (exact) mass is 826 g/mol. The van der Waals surface area contributed by atoms with Gasteiger partial charge in [-0.1, -0.05) is 124 Å². The number of esters is 5. The molecule has 340 valence electrons. The van der Waals surface area contributed by atoms with Crippen LogP contribution in [-0.4, -0.2) is 88.9 Å². The van der Waals surface area contributed by atoms with E-state index in [2.05, 4.69) is 27.7 Å². The van der Waals surface area contributed by atoms with E-state index >= 15 is 0 Å². The van der Waals surface area contributed by atoms with Crippen LogP contribution >= 0.6 is 0 Å². The molecule has 0 saturated carbocycles. The maximum Gasteiger partial charge on any atom is 0.306 e. The Kier molecular flexibility index (Phi) is 35.6. The number of ether oxygens (including phenoxy) is 5. The minimum Gasteiger partial charge on any atom is -0.469 e. The van der Waals surface area contributed by atoms with E-state index in [0.717, 1.165) is 128 Å². The average molecular weight is 826 g/mol. The van der Waals surface area contributed by atoms with Crippen molar-refractivity contribution in [3.8, 4) is 0 Å². The highest BCUT2D eigenvalue weighted by Gasteiger charge is 2.38.